The van der Waals surface area contributed by atoms with Crippen LogP contribution in [-0.4, -0.2) is 46.6 Å². The van der Waals surface area contributed by atoms with Crippen LogP contribution in [0.2, 0.25) is 0 Å². The molecule has 1 aromatic rings. The molecule has 0 bridgehead atoms. The first-order valence-electron chi connectivity index (χ1n) is 7.49. The van der Waals surface area contributed by atoms with Gasteiger partial charge >= 0.3 is 5.97 Å². The summed E-state index contributed by atoms with van der Waals surface area (Å²) in [4.78, 5) is 35.9. The number of Topliss-reactive ketones (excluding diaryl/α,β-unsaturated/α-hetero) is 1. The molecule has 0 aliphatic carbocycles. The lowest BCUT2D eigenvalue weighted by atomic mass is 9.80. The Morgan fingerprint density at radius 2 is 1.83 bits per heavy atom. The number of hydrogen-bond acceptors (Lipinski definition) is 6. The molecule has 0 spiro atoms. The molecule has 1 rings (SSSR count). The maximum atomic E-state index is 12.5. The van der Waals surface area contributed by atoms with E-state index in [1.165, 1.54) is 0 Å². The van der Waals surface area contributed by atoms with Gasteiger partial charge in [-0.25, -0.2) is 4.79 Å². The van der Waals surface area contributed by atoms with E-state index >= 15 is 0 Å². The second-order valence-corrected chi connectivity index (χ2v) is 6.08. The van der Waals surface area contributed by atoms with Crippen molar-refractivity contribution in [2.45, 2.75) is 25.4 Å². The Balaban J connectivity index is 2.73. The van der Waals surface area contributed by atoms with E-state index in [2.05, 4.69) is 23.3 Å². The Hall–Kier alpha value is -2.06. The van der Waals surface area contributed by atoms with E-state index in [9.17, 15) is 19.5 Å². The molecular weight excluding hydrogens is 330 g/mol. The second-order valence-electron chi connectivity index (χ2n) is 5.72. The number of nitrogens with two attached hydrogens (primary N) is 1. The van der Waals surface area contributed by atoms with Gasteiger partial charge in [0.05, 0.1) is 12.6 Å². The van der Waals surface area contributed by atoms with Crippen molar-refractivity contribution < 1.29 is 19.5 Å². The number of nitrogens with one attached hydrogen (secondary N) is 2. The van der Waals surface area contributed by atoms with Crippen LogP contribution in [0, 0.1) is 5.92 Å². The number of rotatable bonds is 9. The Morgan fingerprint density at radius 1 is 1.25 bits per heavy atom. The zero-order valence-corrected chi connectivity index (χ0v) is 14.5. The first-order valence-corrected chi connectivity index (χ1v) is 8.12. The molecule has 24 heavy (non-hydrogen) atoms. The predicted molar refractivity (Wildman–Crippen MR) is 95.1 cm³/mol. The lowest BCUT2D eigenvalue weighted by molar-refractivity contribution is -0.151. The van der Waals surface area contributed by atoms with Gasteiger partial charge in [0.25, 0.3) is 0 Å². The summed E-state index contributed by atoms with van der Waals surface area (Å²) in [7, 11) is 0. The van der Waals surface area contributed by atoms with E-state index in [1.807, 2.05) is 18.2 Å². The minimum Gasteiger partial charge on any atom is -0.480 e. The largest absolute Gasteiger partial charge is 0.480 e. The van der Waals surface area contributed by atoms with Gasteiger partial charge in [0.2, 0.25) is 5.91 Å². The van der Waals surface area contributed by atoms with E-state index in [0.717, 1.165) is 5.69 Å². The lowest BCUT2D eigenvalue weighted by Crippen LogP contribution is -2.65. The number of carboxylic acid groups (broad SMARTS) is 1. The Bertz CT molecular complexity index is 594. The maximum absolute atomic E-state index is 12.5. The number of carbonyl (C=O) groups is 3. The number of carbonyl (C=O) groups excluding carboxylic acids is 2. The molecule has 1 aromatic carbocycles. The summed E-state index contributed by atoms with van der Waals surface area (Å²) in [5.41, 5.74) is 4.47. The van der Waals surface area contributed by atoms with Crippen LogP contribution in [0.25, 0.3) is 0 Å². The fraction of sp³-hybridized carbons (Fsp3) is 0.438. The zero-order chi connectivity index (χ0) is 18.3. The fourth-order valence-electron chi connectivity index (χ4n) is 2.10. The molecule has 0 saturated carbocycles. The van der Waals surface area contributed by atoms with Crippen LogP contribution in [0.15, 0.2) is 30.3 Å². The van der Waals surface area contributed by atoms with Crippen LogP contribution in [0.5, 0.6) is 0 Å². The summed E-state index contributed by atoms with van der Waals surface area (Å²) < 4.78 is 0. The predicted octanol–water partition coefficient (Wildman–Crippen LogP) is 0.520. The number of ketones is 1. The van der Waals surface area contributed by atoms with Crippen LogP contribution in [-0.2, 0) is 14.4 Å². The quantitative estimate of drug-likeness (QED) is 0.326. The second kappa shape index (κ2) is 8.70. The minimum absolute atomic E-state index is 0.0468. The van der Waals surface area contributed by atoms with Crippen LogP contribution < -0.4 is 16.4 Å². The third-order valence-electron chi connectivity index (χ3n) is 3.73. The molecule has 5 N–H and O–H groups in total. The van der Waals surface area contributed by atoms with E-state index in [1.54, 1.807) is 26.0 Å². The average Bonchev–Trinajstić information content (AvgIpc) is 2.56. The normalized spacial score (nSPS) is 14.5. The van der Waals surface area contributed by atoms with Gasteiger partial charge in [-0.3, -0.25) is 9.59 Å². The summed E-state index contributed by atoms with van der Waals surface area (Å²) >= 11 is 4.03. The molecule has 8 heteroatoms. The van der Waals surface area contributed by atoms with Gasteiger partial charge in [0.15, 0.2) is 11.3 Å². The third kappa shape index (κ3) is 4.72. The molecule has 0 radical (unpaired) electrons. The van der Waals surface area contributed by atoms with Crippen LogP contribution in [0.3, 0.4) is 0 Å². The Labute approximate surface area is 146 Å². The van der Waals surface area contributed by atoms with Gasteiger partial charge in [0, 0.05) is 11.4 Å². The lowest BCUT2D eigenvalue weighted by Gasteiger charge is -2.31. The SMILES string of the molecule is CC(C)C(N)(C(=O)O)C(=O)C(CS)NC(=O)CNc1ccccc1. The standard InChI is InChI=1S/C16H23N3O4S/c1-10(2)16(17,15(22)23)14(21)12(9-24)19-13(20)8-18-11-6-4-3-5-7-11/h3-7,10,12,18,24H,8-9,17H2,1-2H3,(H,19,20)(H,22,23). The molecule has 0 heterocycles. The molecule has 0 aliphatic rings. The van der Waals surface area contributed by atoms with E-state index < -0.39 is 35.2 Å². The maximum Gasteiger partial charge on any atom is 0.331 e. The zero-order valence-electron chi connectivity index (χ0n) is 13.7. The van der Waals surface area contributed by atoms with Gasteiger partial charge in [-0.2, -0.15) is 12.6 Å². The molecule has 2 atom stereocenters. The van der Waals surface area contributed by atoms with Crippen molar-refractivity contribution in [2.75, 3.05) is 17.6 Å². The number of hydrogen-bond donors (Lipinski definition) is 5. The van der Waals surface area contributed by atoms with Crippen molar-refractivity contribution in [3.8, 4) is 0 Å². The molecule has 0 aromatic heterocycles. The fourth-order valence-corrected chi connectivity index (χ4v) is 2.36. The molecule has 0 aliphatic heterocycles. The Kier molecular flexibility index (Phi) is 7.24. The minimum atomic E-state index is -2.08. The van der Waals surface area contributed by atoms with Crippen LogP contribution >= 0.6 is 12.6 Å². The highest BCUT2D eigenvalue weighted by atomic mass is 32.1. The van der Waals surface area contributed by atoms with Crippen LogP contribution in [0.1, 0.15) is 13.8 Å². The van der Waals surface area contributed by atoms with Gasteiger partial charge in [-0.1, -0.05) is 32.0 Å². The van der Waals surface area contributed by atoms with Crippen molar-refractivity contribution in [2.24, 2.45) is 11.7 Å². The third-order valence-corrected chi connectivity index (χ3v) is 4.10. The number of para-hydroxylation sites is 1. The van der Waals surface area contributed by atoms with Gasteiger partial charge < -0.3 is 21.5 Å². The van der Waals surface area contributed by atoms with Crippen molar-refractivity contribution in [3.05, 3.63) is 30.3 Å². The highest BCUT2D eigenvalue weighted by molar-refractivity contribution is 7.80. The van der Waals surface area contributed by atoms with Gasteiger partial charge in [0.1, 0.15) is 0 Å². The topological polar surface area (TPSA) is 122 Å². The summed E-state index contributed by atoms with van der Waals surface area (Å²) in [6, 6.07) is 7.99. The highest BCUT2D eigenvalue weighted by Gasteiger charge is 2.47. The number of amides is 1. The van der Waals surface area contributed by atoms with Crippen molar-refractivity contribution in [1.29, 1.82) is 0 Å². The van der Waals surface area contributed by atoms with Gasteiger partial charge in [-0.05, 0) is 18.1 Å². The van der Waals surface area contributed by atoms with Crippen molar-refractivity contribution in [3.63, 3.8) is 0 Å². The number of benzene rings is 1. The highest BCUT2D eigenvalue weighted by Crippen LogP contribution is 2.18. The summed E-state index contributed by atoms with van der Waals surface area (Å²) in [5, 5.41) is 14.7. The number of carboxylic acids is 1. The molecule has 7 nitrogen and oxygen atoms in total. The summed E-state index contributed by atoms with van der Waals surface area (Å²) in [6.45, 7) is 3.02. The molecule has 0 saturated heterocycles. The molecule has 132 valence electrons. The summed E-state index contributed by atoms with van der Waals surface area (Å²) in [5.74, 6) is -3.33. The first kappa shape index (κ1) is 20.0. The van der Waals surface area contributed by atoms with Crippen molar-refractivity contribution in [1.82, 2.24) is 5.32 Å². The molecular formula is C16H23N3O4S. The molecule has 0 fully saturated rings. The Morgan fingerprint density at radius 3 is 2.29 bits per heavy atom. The average molecular weight is 353 g/mol. The van der Waals surface area contributed by atoms with Crippen LogP contribution in [0.4, 0.5) is 5.69 Å². The smallest absolute Gasteiger partial charge is 0.331 e. The first-order chi connectivity index (χ1) is 11.2. The van der Waals surface area contributed by atoms with Crippen molar-refractivity contribution >= 4 is 36.0 Å². The van der Waals surface area contributed by atoms with E-state index in [-0.39, 0.29) is 12.3 Å². The molecule has 2 unspecified atom stereocenters. The summed E-state index contributed by atoms with van der Waals surface area (Å²) in [6.07, 6.45) is 0. The number of aliphatic carboxylic acids is 1. The van der Waals surface area contributed by atoms with E-state index in [4.69, 9.17) is 5.73 Å². The monoisotopic (exact) mass is 353 g/mol. The number of thiol groups is 1. The molecule has 1 amide bonds. The van der Waals surface area contributed by atoms with E-state index in [0.29, 0.717) is 0 Å². The van der Waals surface area contributed by atoms with Gasteiger partial charge in [-0.15, -0.1) is 0 Å². The number of anilines is 1.